The van der Waals surface area contributed by atoms with Gasteiger partial charge in [0.25, 0.3) is 0 Å². The Morgan fingerprint density at radius 3 is 3.07 bits per heavy atom. The zero-order valence-corrected chi connectivity index (χ0v) is 7.82. The van der Waals surface area contributed by atoms with E-state index in [1.165, 1.54) is 6.33 Å². The van der Waals surface area contributed by atoms with Gasteiger partial charge in [0.05, 0.1) is 0 Å². The summed E-state index contributed by atoms with van der Waals surface area (Å²) in [7, 11) is 0. The van der Waals surface area contributed by atoms with Gasteiger partial charge >= 0.3 is 0 Å². The lowest BCUT2D eigenvalue weighted by molar-refractivity contribution is -0.120. The topological polar surface area (TPSA) is 83.0 Å². The zero-order chi connectivity index (χ0) is 9.97. The van der Waals surface area contributed by atoms with Crippen LogP contribution in [0.4, 0.5) is 0 Å². The van der Waals surface area contributed by atoms with Gasteiger partial charge in [-0.25, -0.2) is 4.98 Å². The molecular formula is C8H11N5O. The highest BCUT2D eigenvalue weighted by molar-refractivity contribution is 6.11. The molecule has 14 heavy (non-hydrogen) atoms. The zero-order valence-electron chi connectivity index (χ0n) is 7.82. The molecule has 1 aromatic heterocycles. The molecule has 1 unspecified atom stereocenters. The number of nitrogens with zero attached hydrogens (tertiary/aromatic N) is 3. The summed E-state index contributed by atoms with van der Waals surface area (Å²) >= 11 is 0. The summed E-state index contributed by atoms with van der Waals surface area (Å²) in [6, 6.07) is -0.264. The molecule has 2 heterocycles. The lowest BCUT2D eigenvalue weighted by atomic mass is 10.2. The second-order valence-electron chi connectivity index (χ2n) is 3.11. The molecule has 0 aliphatic carbocycles. The van der Waals surface area contributed by atoms with Crippen molar-refractivity contribution in [3.05, 3.63) is 12.2 Å². The third-order valence-electron chi connectivity index (χ3n) is 2.03. The van der Waals surface area contributed by atoms with Crippen LogP contribution in [0.3, 0.4) is 0 Å². The maximum Gasteiger partial charge on any atom is 0.250 e. The molecule has 6 heteroatoms. The van der Waals surface area contributed by atoms with Gasteiger partial charge in [-0.2, -0.15) is 5.10 Å². The average molecular weight is 193 g/mol. The summed E-state index contributed by atoms with van der Waals surface area (Å²) < 4.78 is 0. The first-order chi connectivity index (χ1) is 6.81. The molecule has 0 saturated carbocycles. The summed E-state index contributed by atoms with van der Waals surface area (Å²) in [5.74, 6) is 0.946. The number of amides is 1. The number of nitrogens with one attached hydrogen (secondary N) is 2. The molecule has 1 aliphatic rings. The second-order valence-corrected chi connectivity index (χ2v) is 3.11. The van der Waals surface area contributed by atoms with Crippen LogP contribution >= 0.6 is 0 Å². The van der Waals surface area contributed by atoms with Crippen molar-refractivity contribution in [1.82, 2.24) is 20.5 Å². The van der Waals surface area contributed by atoms with Crippen molar-refractivity contribution in [3.8, 4) is 0 Å². The first-order valence-electron chi connectivity index (χ1n) is 4.55. The van der Waals surface area contributed by atoms with Gasteiger partial charge in [-0.1, -0.05) is 13.3 Å². The van der Waals surface area contributed by atoms with E-state index in [0.29, 0.717) is 11.7 Å². The molecule has 1 aliphatic heterocycles. The Hall–Kier alpha value is -1.72. The predicted octanol–water partition coefficient (Wildman–Crippen LogP) is -0.150. The number of aliphatic imine (C=N–C) groups is 1. The highest BCUT2D eigenvalue weighted by Crippen LogP contribution is 2.09. The van der Waals surface area contributed by atoms with Crippen LogP contribution in [-0.4, -0.2) is 33.0 Å². The van der Waals surface area contributed by atoms with Gasteiger partial charge in [-0.3, -0.25) is 14.9 Å². The van der Waals surface area contributed by atoms with Crippen molar-refractivity contribution < 1.29 is 4.79 Å². The largest absolute Gasteiger partial charge is 0.306 e. The Bertz CT molecular complexity index is 356. The van der Waals surface area contributed by atoms with Crippen LogP contribution < -0.4 is 5.32 Å². The number of H-pyrrole nitrogens is 1. The summed E-state index contributed by atoms with van der Waals surface area (Å²) in [5, 5.41) is 9.02. The summed E-state index contributed by atoms with van der Waals surface area (Å²) in [6.07, 6.45) is 3.09. The van der Waals surface area contributed by atoms with E-state index in [-0.39, 0.29) is 11.9 Å². The van der Waals surface area contributed by atoms with Gasteiger partial charge in [-0.15, -0.1) is 0 Å². The molecular weight excluding hydrogens is 182 g/mol. The van der Waals surface area contributed by atoms with E-state index in [1.807, 2.05) is 6.92 Å². The number of carbonyl (C=O) groups excluding carboxylic acids is 1. The molecule has 2 N–H and O–H groups in total. The van der Waals surface area contributed by atoms with Crippen LogP contribution in [0.25, 0.3) is 0 Å². The number of aromatic nitrogens is 3. The molecule has 1 aromatic rings. The number of rotatable bonds is 3. The summed E-state index contributed by atoms with van der Waals surface area (Å²) in [5.41, 5.74) is 0. The molecule has 1 atom stereocenters. The summed E-state index contributed by atoms with van der Waals surface area (Å²) in [6.45, 7) is 2.02. The van der Waals surface area contributed by atoms with Crippen molar-refractivity contribution in [1.29, 1.82) is 0 Å². The number of hydrogen-bond acceptors (Lipinski definition) is 4. The summed E-state index contributed by atoms with van der Waals surface area (Å²) in [4.78, 5) is 19.5. The number of hydrogen-bond donors (Lipinski definition) is 2. The fourth-order valence-electron chi connectivity index (χ4n) is 1.36. The highest BCUT2D eigenvalue weighted by Gasteiger charge is 2.27. The van der Waals surface area contributed by atoms with E-state index in [2.05, 4.69) is 25.5 Å². The third kappa shape index (κ3) is 1.50. The molecule has 2 rings (SSSR count). The molecule has 0 spiro atoms. The molecule has 6 nitrogen and oxygen atoms in total. The maximum atomic E-state index is 11.4. The predicted molar refractivity (Wildman–Crippen MR) is 49.8 cm³/mol. The van der Waals surface area contributed by atoms with Crippen LogP contribution in [0.15, 0.2) is 11.3 Å². The monoisotopic (exact) mass is 193 g/mol. The maximum absolute atomic E-state index is 11.4. The Morgan fingerprint density at radius 2 is 2.43 bits per heavy atom. The quantitative estimate of drug-likeness (QED) is 0.700. The first kappa shape index (κ1) is 8.86. The van der Waals surface area contributed by atoms with Crippen LogP contribution in [0.1, 0.15) is 25.6 Å². The number of amidine groups is 1. The van der Waals surface area contributed by atoms with Gasteiger partial charge in [0.1, 0.15) is 12.4 Å². The van der Waals surface area contributed by atoms with Gasteiger partial charge in [0.2, 0.25) is 5.91 Å². The highest BCUT2D eigenvalue weighted by atomic mass is 16.2. The Morgan fingerprint density at radius 1 is 1.57 bits per heavy atom. The Labute approximate surface area is 80.8 Å². The van der Waals surface area contributed by atoms with Gasteiger partial charge < -0.3 is 5.32 Å². The second kappa shape index (κ2) is 3.57. The number of carbonyl (C=O) groups is 1. The van der Waals surface area contributed by atoms with Crippen LogP contribution in [0, 0.1) is 0 Å². The Balaban J connectivity index is 2.16. The van der Waals surface area contributed by atoms with E-state index >= 15 is 0 Å². The van der Waals surface area contributed by atoms with Crippen molar-refractivity contribution in [2.75, 3.05) is 0 Å². The van der Waals surface area contributed by atoms with Crippen molar-refractivity contribution in [3.63, 3.8) is 0 Å². The lowest BCUT2D eigenvalue weighted by Gasteiger charge is -1.99. The minimum Gasteiger partial charge on any atom is -0.306 e. The average Bonchev–Trinajstić information content (AvgIpc) is 2.76. The van der Waals surface area contributed by atoms with E-state index in [0.717, 1.165) is 12.8 Å². The molecule has 0 radical (unpaired) electrons. The normalized spacial score (nSPS) is 20.8. The SMILES string of the molecule is CCCC1N=C(c2ncn[nH]2)NC1=O. The molecule has 0 fully saturated rings. The van der Waals surface area contributed by atoms with E-state index < -0.39 is 0 Å². The van der Waals surface area contributed by atoms with E-state index in [9.17, 15) is 4.79 Å². The molecule has 74 valence electrons. The van der Waals surface area contributed by atoms with Crippen LogP contribution in [0.2, 0.25) is 0 Å². The lowest BCUT2D eigenvalue weighted by Crippen LogP contribution is -2.29. The van der Waals surface area contributed by atoms with E-state index in [1.54, 1.807) is 0 Å². The third-order valence-corrected chi connectivity index (χ3v) is 2.03. The van der Waals surface area contributed by atoms with Crippen LogP contribution in [-0.2, 0) is 4.79 Å². The smallest absolute Gasteiger partial charge is 0.250 e. The van der Waals surface area contributed by atoms with Crippen molar-refractivity contribution in [2.45, 2.75) is 25.8 Å². The van der Waals surface area contributed by atoms with Crippen LogP contribution in [0.5, 0.6) is 0 Å². The fourth-order valence-corrected chi connectivity index (χ4v) is 1.36. The first-order valence-corrected chi connectivity index (χ1v) is 4.55. The fraction of sp³-hybridized carbons (Fsp3) is 0.500. The minimum absolute atomic E-state index is 0.0572. The standard InChI is InChI=1S/C8H11N5O/c1-2-3-5-8(14)12-7(11-5)6-9-4-10-13-6/h4-5H,2-3H2,1H3,(H,9,10,13)(H,11,12,14). The molecule has 0 bridgehead atoms. The van der Waals surface area contributed by atoms with Crippen molar-refractivity contribution >= 4 is 11.7 Å². The molecule has 1 amide bonds. The number of aromatic amines is 1. The van der Waals surface area contributed by atoms with E-state index in [4.69, 9.17) is 0 Å². The van der Waals surface area contributed by atoms with Gasteiger partial charge in [-0.05, 0) is 6.42 Å². The van der Waals surface area contributed by atoms with Gasteiger partial charge in [0.15, 0.2) is 11.7 Å². The molecule has 0 saturated heterocycles. The Kier molecular flexibility index (Phi) is 2.26. The van der Waals surface area contributed by atoms with Crippen molar-refractivity contribution in [2.24, 2.45) is 4.99 Å². The van der Waals surface area contributed by atoms with Gasteiger partial charge in [0, 0.05) is 0 Å². The minimum atomic E-state index is -0.264. The molecule has 0 aromatic carbocycles.